The fourth-order valence-corrected chi connectivity index (χ4v) is 2.34. The molecule has 0 aliphatic rings. The highest BCUT2D eigenvalue weighted by atomic mass is 79.9. The SMILES string of the molecule is O=S(=O)(CBr)Nc1cnn(Cc2ccccc2)c1. The highest BCUT2D eigenvalue weighted by Crippen LogP contribution is 2.10. The van der Waals surface area contributed by atoms with Gasteiger partial charge in [0.05, 0.1) is 18.4 Å². The highest BCUT2D eigenvalue weighted by molar-refractivity contribution is 9.10. The fourth-order valence-electron chi connectivity index (χ4n) is 1.48. The molecule has 0 radical (unpaired) electrons. The molecule has 0 fully saturated rings. The lowest BCUT2D eigenvalue weighted by Crippen LogP contribution is -2.12. The minimum atomic E-state index is -3.32. The zero-order valence-corrected chi connectivity index (χ0v) is 11.9. The van der Waals surface area contributed by atoms with Crippen LogP contribution in [0.15, 0.2) is 42.7 Å². The van der Waals surface area contributed by atoms with Gasteiger partial charge in [-0.2, -0.15) is 5.10 Å². The Balaban J connectivity index is 2.07. The second kappa shape index (κ2) is 5.53. The van der Waals surface area contributed by atoms with Gasteiger partial charge < -0.3 is 0 Å². The summed E-state index contributed by atoms with van der Waals surface area (Å²) in [5.41, 5.74) is 1.57. The van der Waals surface area contributed by atoms with Crippen molar-refractivity contribution in [3.05, 3.63) is 48.3 Å². The quantitative estimate of drug-likeness (QED) is 0.853. The molecule has 96 valence electrons. The minimum absolute atomic E-state index is 0.135. The van der Waals surface area contributed by atoms with Crippen LogP contribution in [0.3, 0.4) is 0 Å². The van der Waals surface area contributed by atoms with E-state index < -0.39 is 10.0 Å². The van der Waals surface area contributed by atoms with Crippen LogP contribution in [0.25, 0.3) is 0 Å². The van der Waals surface area contributed by atoms with E-state index in [1.165, 1.54) is 6.20 Å². The van der Waals surface area contributed by atoms with E-state index in [0.717, 1.165) is 5.56 Å². The molecule has 18 heavy (non-hydrogen) atoms. The summed E-state index contributed by atoms with van der Waals surface area (Å²) in [6.45, 7) is 0.608. The second-order valence-corrected chi connectivity index (χ2v) is 6.76. The van der Waals surface area contributed by atoms with Gasteiger partial charge in [0.15, 0.2) is 0 Å². The van der Waals surface area contributed by atoms with E-state index in [-0.39, 0.29) is 4.66 Å². The number of halogens is 1. The van der Waals surface area contributed by atoms with E-state index in [4.69, 9.17) is 0 Å². The normalized spacial score (nSPS) is 11.4. The van der Waals surface area contributed by atoms with Crippen LogP contribution in [0.2, 0.25) is 0 Å². The summed E-state index contributed by atoms with van der Waals surface area (Å²) < 4.78 is 26.6. The molecule has 1 aromatic carbocycles. The van der Waals surface area contributed by atoms with Crippen LogP contribution in [0.5, 0.6) is 0 Å². The third kappa shape index (κ3) is 3.58. The number of hydrogen-bond acceptors (Lipinski definition) is 3. The Morgan fingerprint density at radius 2 is 2.00 bits per heavy atom. The first-order valence-electron chi connectivity index (χ1n) is 5.22. The summed E-state index contributed by atoms with van der Waals surface area (Å²) in [5, 5.41) is 4.10. The van der Waals surface area contributed by atoms with Crippen LogP contribution in [-0.4, -0.2) is 22.9 Å². The largest absolute Gasteiger partial charge is 0.280 e. The van der Waals surface area contributed by atoms with Crippen molar-refractivity contribution >= 4 is 31.6 Å². The van der Waals surface area contributed by atoms with Gasteiger partial charge in [0.1, 0.15) is 4.66 Å². The molecule has 7 heteroatoms. The molecule has 0 saturated carbocycles. The molecular formula is C11H12BrN3O2S. The number of hydrogen-bond donors (Lipinski definition) is 1. The zero-order valence-electron chi connectivity index (χ0n) is 9.45. The Labute approximate surface area is 114 Å². The van der Waals surface area contributed by atoms with Gasteiger partial charge in [-0.15, -0.1) is 0 Å². The van der Waals surface area contributed by atoms with E-state index in [9.17, 15) is 8.42 Å². The van der Waals surface area contributed by atoms with Gasteiger partial charge in [-0.25, -0.2) is 8.42 Å². The van der Waals surface area contributed by atoms with E-state index in [2.05, 4.69) is 25.8 Å². The van der Waals surface area contributed by atoms with Gasteiger partial charge in [-0.1, -0.05) is 46.3 Å². The Hall–Kier alpha value is -1.34. The number of nitrogens with zero attached hydrogens (tertiary/aromatic N) is 2. The zero-order chi connectivity index (χ0) is 13.0. The van der Waals surface area contributed by atoms with E-state index in [1.54, 1.807) is 10.9 Å². The molecule has 0 amide bonds. The summed E-state index contributed by atoms with van der Waals surface area (Å²) in [7, 11) is -3.32. The molecule has 0 atom stereocenters. The molecule has 0 aliphatic carbocycles. The number of anilines is 1. The van der Waals surface area contributed by atoms with Gasteiger partial charge in [0.2, 0.25) is 10.0 Å². The molecular weight excluding hydrogens is 318 g/mol. The molecule has 0 saturated heterocycles. The number of nitrogens with one attached hydrogen (secondary N) is 1. The second-order valence-electron chi connectivity index (χ2n) is 3.74. The van der Waals surface area contributed by atoms with Crippen molar-refractivity contribution in [3.63, 3.8) is 0 Å². The number of alkyl halides is 1. The lowest BCUT2D eigenvalue weighted by molar-refractivity contribution is 0.606. The van der Waals surface area contributed by atoms with Crippen molar-refractivity contribution in [3.8, 4) is 0 Å². The smallest absolute Gasteiger partial charge is 0.242 e. The maximum absolute atomic E-state index is 11.3. The number of benzene rings is 1. The summed E-state index contributed by atoms with van der Waals surface area (Å²) in [5.74, 6) is 0. The third-order valence-corrected chi connectivity index (χ3v) is 4.88. The highest BCUT2D eigenvalue weighted by Gasteiger charge is 2.09. The topological polar surface area (TPSA) is 64.0 Å². The lowest BCUT2D eigenvalue weighted by atomic mass is 10.2. The monoisotopic (exact) mass is 329 g/mol. The molecule has 1 aromatic heterocycles. The predicted octanol–water partition coefficient (Wildman–Crippen LogP) is 2.03. The van der Waals surface area contributed by atoms with Crippen LogP contribution < -0.4 is 4.72 Å². The minimum Gasteiger partial charge on any atom is -0.280 e. The predicted molar refractivity (Wildman–Crippen MR) is 74.1 cm³/mol. The van der Waals surface area contributed by atoms with Gasteiger partial charge >= 0.3 is 0 Å². The fraction of sp³-hybridized carbons (Fsp3) is 0.182. The molecule has 0 bridgehead atoms. The Morgan fingerprint density at radius 1 is 1.28 bits per heavy atom. The van der Waals surface area contributed by atoms with Crippen molar-refractivity contribution in [2.75, 3.05) is 9.38 Å². The molecule has 2 rings (SSSR count). The maximum atomic E-state index is 11.3. The van der Waals surface area contributed by atoms with Gasteiger partial charge in [-0.3, -0.25) is 9.40 Å². The van der Waals surface area contributed by atoms with Crippen LogP contribution in [0, 0.1) is 0 Å². The average molecular weight is 330 g/mol. The third-order valence-electron chi connectivity index (χ3n) is 2.24. The van der Waals surface area contributed by atoms with Crippen LogP contribution >= 0.6 is 15.9 Å². The summed E-state index contributed by atoms with van der Waals surface area (Å²) in [6.07, 6.45) is 3.15. The molecule has 2 aromatic rings. The number of aromatic nitrogens is 2. The molecule has 5 nitrogen and oxygen atoms in total. The van der Waals surface area contributed by atoms with Crippen molar-refractivity contribution in [1.82, 2.24) is 9.78 Å². The summed E-state index contributed by atoms with van der Waals surface area (Å²) in [4.78, 5) is 0. The Bertz CT molecular complexity index is 610. The molecule has 0 spiro atoms. The Morgan fingerprint density at radius 3 is 2.67 bits per heavy atom. The van der Waals surface area contributed by atoms with E-state index in [0.29, 0.717) is 12.2 Å². The maximum Gasteiger partial charge on any atom is 0.242 e. The summed E-state index contributed by atoms with van der Waals surface area (Å²) >= 11 is 2.91. The van der Waals surface area contributed by atoms with Crippen molar-refractivity contribution in [2.24, 2.45) is 0 Å². The van der Waals surface area contributed by atoms with Gasteiger partial charge in [0, 0.05) is 6.20 Å². The van der Waals surface area contributed by atoms with Gasteiger partial charge in [-0.05, 0) is 5.56 Å². The first-order chi connectivity index (χ1) is 8.59. The molecule has 1 heterocycles. The lowest BCUT2D eigenvalue weighted by Gasteiger charge is -2.02. The molecule has 0 unspecified atom stereocenters. The molecule has 1 N–H and O–H groups in total. The number of rotatable bonds is 5. The van der Waals surface area contributed by atoms with Crippen molar-refractivity contribution in [1.29, 1.82) is 0 Å². The molecule has 0 aliphatic heterocycles. The van der Waals surface area contributed by atoms with Crippen LogP contribution in [-0.2, 0) is 16.6 Å². The Kier molecular flexibility index (Phi) is 4.03. The van der Waals surface area contributed by atoms with E-state index in [1.807, 2.05) is 30.3 Å². The first-order valence-corrected chi connectivity index (χ1v) is 7.99. The summed E-state index contributed by atoms with van der Waals surface area (Å²) in [6, 6.07) is 9.83. The standard InChI is InChI=1S/C11H12BrN3O2S/c12-9-18(16,17)14-11-6-13-15(8-11)7-10-4-2-1-3-5-10/h1-6,8,14H,7,9H2. The number of sulfonamides is 1. The van der Waals surface area contributed by atoms with Crippen molar-refractivity contribution < 1.29 is 8.42 Å². The van der Waals surface area contributed by atoms with Gasteiger partial charge in [0.25, 0.3) is 0 Å². The first kappa shape index (κ1) is 13.1. The van der Waals surface area contributed by atoms with Crippen molar-refractivity contribution in [2.45, 2.75) is 6.54 Å². The average Bonchev–Trinajstić information content (AvgIpc) is 2.77. The van der Waals surface area contributed by atoms with Crippen LogP contribution in [0.4, 0.5) is 5.69 Å². The van der Waals surface area contributed by atoms with E-state index >= 15 is 0 Å². The van der Waals surface area contributed by atoms with Crippen LogP contribution in [0.1, 0.15) is 5.56 Å².